The minimum Gasteiger partial charge on any atom is -0.454 e. The van der Waals surface area contributed by atoms with Crippen LogP contribution in [0.2, 0.25) is 0 Å². The zero-order valence-corrected chi connectivity index (χ0v) is 17.1. The number of ether oxygens (including phenoxy) is 2. The fraction of sp³-hybridized carbons (Fsp3) is 0.391. The van der Waals surface area contributed by atoms with E-state index in [1.165, 1.54) is 5.01 Å². The minimum absolute atomic E-state index is 0.0582. The molecular weight excluding hydrogens is 368 g/mol. The Balaban J connectivity index is 1.49. The van der Waals surface area contributed by atoms with Gasteiger partial charge in [-0.15, -0.1) is 0 Å². The Morgan fingerprint density at radius 3 is 2.52 bits per heavy atom. The molecule has 0 aliphatic carbocycles. The van der Waals surface area contributed by atoms with Gasteiger partial charge in [0.2, 0.25) is 6.79 Å². The average Bonchev–Trinajstić information content (AvgIpc) is 3.28. The van der Waals surface area contributed by atoms with Crippen molar-refractivity contribution in [3.8, 4) is 11.5 Å². The molecule has 0 aromatic heterocycles. The maximum Gasteiger partial charge on any atom is 0.276 e. The number of hydrogen-bond donors (Lipinski definition) is 0. The second-order valence-electron chi connectivity index (χ2n) is 7.72. The van der Waals surface area contributed by atoms with Crippen molar-refractivity contribution in [1.82, 2.24) is 10.0 Å². The molecule has 152 valence electrons. The topological polar surface area (TPSA) is 59.1 Å². The van der Waals surface area contributed by atoms with E-state index in [-0.39, 0.29) is 24.6 Å². The van der Waals surface area contributed by atoms with E-state index in [1.54, 1.807) is 18.1 Å². The molecule has 0 radical (unpaired) electrons. The van der Waals surface area contributed by atoms with Crippen LogP contribution in [-0.2, 0) is 12.8 Å². The van der Waals surface area contributed by atoms with Crippen LogP contribution in [-0.4, -0.2) is 41.7 Å². The Bertz CT molecular complexity index is 956. The summed E-state index contributed by atoms with van der Waals surface area (Å²) in [6.45, 7) is 4.38. The number of amides is 2. The van der Waals surface area contributed by atoms with E-state index in [4.69, 9.17) is 9.47 Å². The number of aryl methyl sites for hydroxylation is 1. The largest absolute Gasteiger partial charge is 0.454 e. The Kier molecular flexibility index (Phi) is 5.28. The maximum absolute atomic E-state index is 13.0. The first kappa shape index (κ1) is 19.5. The van der Waals surface area contributed by atoms with E-state index < -0.39 is 0 Å². The summed E-state index contributed by atoms with van der Waals surface area (Å²) in [6.07, 6.45) is 3.75. The molecule has 2 aliphatic rings. The van der Waals surface area contributed by atoms with Crippen LogP contribution in [0.4, 0.5) is 0 Å². The molecule has 2 aromatic rings. The van der Waals surface area contributed by atoms with Gasteiger partial charge in [0.05, 0.1) is 11.1 Å². The second kappa shape index (κ2) is 7.87. The number of hydrogen-bond acceptors (Lipinski definition) is 5. The number of carbonyl (C=O) groups is 2. The molecular formula is C23H26N2O4. The van der Waals surface area contributed by atoms with Crippen molar-refractivity contribution in [2.24, 2.45) is 0 Å². The van der Waals surface area contributed by atoms with Crippen LogP contribution in [0.1, 0.15) is 58.5 Å². The molecule has 2 heterocycles. The molecule has 0 bridgehead atoms. The van der Waals surface area contributed by atoms with E-state index in [9.17, 15) is 9.59 Å². The monoisotopic (exact) mass is 394 g/mol. The minimum atomic E-state index is -0.257. The number of unbranched alkanes of at least 4 members (excludes halogenated alkanes) is 1. The third-order valence-electron chi connectivity index (χ3n) is 5.67. The molecule has 0 N–H and O–H groups in total. The summed E-state index contributed by atoms with van der Waals surface area (Å²) >= 11 is 0. The predicted molar refractivity (Wildman–Crippen MR) is 109 cm³/mol. The molecule has 2 aromatic carbocycles. The number of benzene rings is 2. The highest BCUT2D eigenvalue weighted by Crippen LogP contribution is 2.33. The van der Waals surface area contributed by atoms with Gasteiger partial charge in [-0.3, -0.25) is 9.59 Å². The van der Waals surface area contributed by atoms with Crippen molar-refractivity contribution in [1.29, 1.82) is 0 Å². The number of rotatable bonds is 7. The van der Waals surface area contributed by atoms with Crippen LogP contribution >= 0.6 is 0 Å². The summed E-state index contributed by atoms with van der Waals surface area (Å²) in [4.78, 5) is 25.9. The van der Waals surface area contributed by atoms with Gasteiger partial charge in [0, 0.05) is 13.1 Å². The molecule has 2 amide bonds. The first-order valence-corrected chi connectivity index (χ1v) is 10.1. The van der Waals surface area contributed by atoms with Gasteiger partial charge in [-0.05, 0) is 61.6 Å². The Labute approximate surface area is 171 Å². The molecule has 6 nitrogen and oxygen atoms in total. The predicted octanol–water partition coefficient (Wildman–Crippen LogP) is 3.83. The first-order chi connectivity index (χ1) is 14.0. The van der Waals surface area contributed by atoms with E-state index in [1.807, 2.05) is 37.3 Å². The maximum atomic E-state index is 13.0. The quantitative estimate of drug-likeness (QED) is 0.668. The lowest BCUT2D eigenvalue weighted by Crippen LogP contribution is -2.49. The number of fused-ring (bicyclic) bond motifs is 2. The van der Waals surface area contributed by atoms with Crippen molar-refractivity contribution < 1.29 is 19.1 Å². The molecule has 0 saturated carbocycles. The molecule has 0 saturated heterocycles. The van der Waals surface area contributed by atoms with Crippen LogP contribution in [0.3, 0.4) is 0 Å². The molecule has 6 heteroatoms. The van der Waals surface area contributed by atoms with Gasteiger partial charge in [-0.2, -0.15) is 0 Å². The van der Waals surface area contributed by atoms with E-state index >= 15 is 0 Å². The van der Waals surface area contributed by atoms with E-state index in [0.717, 1.165) is 41.9 Å². The average molecular weight is 394 g/mol. The molecule has 2 aliphatic heterocycles. The zero-order chi connectivity index (χ0) is 20.5. The number of nitrogens with zero attached hydrogens (tertiary/aromatic N) is 2. The highest BCUT2D eigenvalue weighted by atomic mass is 16.7. The lowest BCUT2D eigenvalue weighted by Gasteiger charge is -2.31. The summed E-state index contributed by atoms with van der Waals surface area (Å²) in [7, 11) is 1.79. The molecule has 0 spiro atoms. The van der Waals surface area contributed by atoms with E-state index in [2.05, 4.69) is 6.92 Å². The highest BCUT2D eigenvalue weighted by molar-refractivity contribution is 6.21. The third kappa shape index (κ3) is 3.60. The number of likely N-dealkylation sites (N-methyl/N-ethyl adjacent to an activating group) is 1. The van der Waals surface area contributed by atoms with Crippen molar-refractivity contribution >= 4 is 11.8 Å². The standard InChI is InChI=1S/C23H26N2O4/c1-4-5-6-16-7-9-18-19(12-16)23(27)25(22(18)26)24(3)15(2)11-17-8-10-20-21(13-17)29-14-28-20/h7-10,12-13,15H,4-6,11,14H2,1-3H3. The lowest BCUT2D eigenvalue weighted by atomic mass is 10.0. The summed E-state index contributed by atoms with van der Waals surface area (Å²) in [5.41, 5.74) is 3.15. The first-order valence-electron chi connectivity index (χ1n) is 10.1. The molecule has 1 atom stereocenters. The van der Waals surface area contributed by atoms with Crippen molar-refractivity contribution in [2.45, 2.75) is 45.6 Å². The lowest BCUT2D eigenvalue weighted by molar-refractivity contribution is -0.00230. The SMILES string of the molecule is CCCCc1ccc2c(c1)C(=O)N(N(C)C(C)Cc1ccc3c(c1)OCO3)C2=O. The molecule has 0 fully saturated rings. The molecule has 4 rings (SSSR count). The van der Waals surface area contributed by atoms with Crippen LogP contribution in [0.15, 0.2) is 36.4 Å². The van der Waals surface area contributed by atoms with Gasteiger partial charge < -0.3 is 9.47 Å². The van der Waals surface area contributed by atoms with Crippen LogP contribution in [0.5, 0.6) is 11.5 Å². The summed E-state index contributed by atoms with van der Waals surface area (Å²) in [5.74, 6) is 0.974. The van der Waals surface area contributed by atoms with Crippen molar-refractivity contribution in [3.05, 3.63) is 58.7 Å². The fourth-order valence-electron chi connectivity index (χ4n) is 3.84. The Morgan fingerprint density at radius 1 is 1.00 bits per heavy atom. The normalized spacial score (nSPS) is 15.9. The van der Waals surface area contributed by atoms with Crippen molar-refractivity contribution in [3.63, 3.8) is 0 Å². The number of imide groups is 1. The number of carbonyl (C=O) groups excluding carboxylic acids is 2. The van der Waals surface area contributed by atoms with Crippen LogP contribution in [0.25, 0.3) is 0 Å². The molecule has 1 unspecified atom stereocenters. The Morgan fingerprint density at radius 2 is 1.72 bits per heavy atom. The fourth-order valence-corrected chi connectivity index (χ4v) is 3.84. The smallest absolute Gasteiger partial charge is 0.276 e. The second-order valence-corrected chi connectivity index (χ2v) is 7.72. The van der Waals surface area contributed by atoms with Crippen LogP contribution < -0.4 is 9.47 Å². The zero-order valence-electron chi connectivity index (χ0n) is 17.1. The summed E-state index contributed by atoms with van der Waals surface area (Å²) in [6, 6.07) is 11.4. The number of hydrazine groups is 1. The van der Waals surface area contributed by atoms with Gasteiger partial charge >= 0.3 is 0 Å². The van der Waals surface area contributed by atoms with Gasteiger partial charge in [0.1, 0.15) is 0 Å². The van der Waals surface area contributed by atoms with Gasteiger partial charge in [-0.25, -0.2) is 10.0 Å². The van der Waals surface area contributed by atoms with Crippen LogP contribution in [0, 0.1) is 0 Å². The summed E-state index contributed by atoms with van der Waals surface area (Å²) < 4.78 is 10.8. The van der Waals surface area contributed by atoms with E-state index in [0.29, 0.717) is 17.5 Å². The van der Waals surface area contributed by atoms with Crippen molar-refractivity contribution in [2.75, 3.05) is 13.8 Å². The highest BCUT2D eigenvalue weighted by Gasteiger charge is 2.39. The van der Waals surface area contributed by atoms with Gasteiger partial charge in [0.15, 0.2) is 11.5 Å². The van der Waals surface area contributed by atoms with Gasteiger partial charge in [0.25, 0.3) is 11.8 Å². The van der Waals surface area contributed by atoms with Gasteiger partial charge in [-0.1, -0.05) is 25.5 Å². The summed E-state index contributed by atoms with van der Waals surface area (Å²) in [5, 5.41) is 3.01. The Hall–Kier alpha value is -2.86. The third-order valence-corrected chi connectivity index (χ3v) is 5.67. The molecule has 29 heavy (non-hydrogen) atoms.